The minimum atomic E-state index is -0.447. The summed E-state index contributed by atoms with van der Waals surface area (Å²) in [6.07, 6.45) is 12.7. The molecule has 0 radical (unpaired) electrons. The Balaban J connectivity index is 2.61. The Hall–Kier alpha value is -1.37. The normalized spacial score (nSPS) is 15.1. The van der Waals surface area contributed by atoms with Crippen LogP contribution in [0.15, 0.2) is 70.2 Å². The number of methoxy groups -OCH3 is 2. The van der Waals surface area contributed by atoms with Gasteiger partial charge in [-0.25, -0.2) is 0 Å². The van der Waals surface area contributed by atoms with Crippen LogP contribution in [0.5, 0.6) is 0 Å². The lowest BCUT2D eigenvalue weighted by atomic mass is 9.88. The molecule has 0 aliphatic heterocycles. The molecule has 0 aromatic heterocycles. The Morgan fingerprint density at radius 3 is 2.17 bits per heavy atom. The summed E-state index contributed by atoms with van der Waals surface area (Å²) in [4.78, 5) is 1.32. The second-order valence-corrected chi connectivity index (χ2v) is 10.6. The van der Waals surface area contributed by atoms with Crippen LogP contribution >= 0.6 is 11.8 Å². The van der Waals surface area contributed by atoms with Crippen molar-refractivity contribution >= 4 is 11.8 Å². The van der Waals surface area contributed by atoms with Gasteiger partial charge in [-0.1, -0.05) is 53.1 Å². The Morgan fingerprint density at radius 1 is 0.886 bits per heavy atom. The Bertz CT molecular complexity index is 768. The van der Waals surface area contributed by atoms with E-state index in [0.717, 1.165) is 44.3 Å². The molecule has 0 N–H and O–H groups in total. The van der Waals surface area contributed by atoms with Gasteiger partial charge in [0.1, 0.15) is 13.6 Å². The van der Waals surface area contributed by atoms with Gasteiger partial charge in [0, 0.05) is 24.9 Å². The van der Waals surface area contributed by atoms with Crippen LogP contribution in [0.25, 0.3) is 0 Å². The maximum absolute atomic E-state index is 6.17. The predicted molar refractivity (Wildman–Crippen MR) is 150 cm³/mol. The molecule has 5 heteroatoms. The zero-order valence-corrected chi connectivity index (χ0v) is 23.9. The average Bonchev–Trinajstić information content (AvgIpc) is 2.84. The Kier molecular flexibility index (Phi) is 17.0. The lowest BCUT2D eigenvalue weighted by Crippen LogP contribution is -2.44. The molecular formula is C30H48O4S. The molecule has 2 atom stereocenters. The van der Waals surface area contributed by atoms with E-state index in [-0.39, 0.29) is 19.7 Å². The third-order valence-electron chi connectivity index (χ3n) is 5.93. The first kappa shape index (κ1) is 31.7. The van der Waals surface area contributed by atoms with Gasteiger partial charge in [0.2, 0.25) is 0 Å². The van der Waals surface area contributed by atoms with Crippen LogP contribution in [0.3, 0.4) is 0 Å². The van der Waals surface area contributed by atoms with Crippen molar-refractivity contribution in [1.82, 2.24) is 0 Å². The van der Waals surface area contributed by atoms with Crippen LogP contribution in [0.4, 0.5) is 0 Å². The van der Waals surface area contributed by atoms with Crippen LogP contribution in [0.2, 0.25) is 0 Å². The van der Waals surface area contributed by atoms with E-state index in [1.165, 1.54) is 21.6 Å². The summed E-state index contributed by atoms with van der Waals surface area (Å²) in [6, 6.07) is 10.6. The Morgan fingerprint density at radius 2 is 1.54 bits per heavy atom. The van der Waals surface area contributed by atoms with Crippen LogP contribution < -0.4 is 0 Å². The van der Waals surface area contributed by atoms with E-state index in [2.05, 4.69) is 83.2 Å². The third kappa shape index (κ3) is 14.7. The summed E-state index contributed by atoms with van der Waals surface area (Å²) >= 11 is 1.89. The Labute approximate surface area is 219 Å². The lowest BCUT2D eigenvalue weighted by Gasteiger charge is -2.37. The zero-order valence-electron chi connectivity index (χ0n) is 23.1. The molecule has 0 aliphatic carbocycles. The van der Waals surface area contributed by atoms with Gasteiger partial charge < -0.3 is 18.9 Å². The van der Waals surface area contributed by atoms with Gasteiger partial charge in [-0.2, -0.15) is 0 Å². The average molecular weight is 505 g/mol. The molecule has 0 bridgehead atoms. The number of hydrogen-bond acceptors (Lipinski definition) is 5. The number of benzene rings is 1. The summed E-state index contributed by atoms with van der Waals surface area (Å²) < 4.78 is 22.7. The smallest absolute Gasteiger partial charge is 0.147 e. The first-order valence-electron chi connectivity index (χ1n) is 12.7. The SMILES string of the molecule is COCO[C@@H](CC/C(C)=C/CC/C=C(\C)CSc1ccccc1)[C@@](C)(CCC=C(C)C)OCOC. The fourth-order valence-electron chi connectivity index (χ4n) is 3.78. The van der Waals surface area contributed by atoms with E-state index in [4.69, 9.17) is 18.9 Å². The molecule has 0 unspecified atom stereocenters. The molecule has 1 aromatic carbocycles. The molecule has 0 fully saturated rings. The molecule has 1 rings (SSSR count). The van der Waals surface area contributed by atoms with Crippen LogP contribution in [0.1, 0.15) is 73.1 Å². The van der Waals surface area contributed by atoms with E-state index >= 15 is 0 Å². The first-order chi connectivity index (χ1) is 16.8. The molecule has 4 nitrogen and oxygen atoms in total. The molecule has 0 aliphatic rings. The van der Waals surface area contributed by atoms with E-state index in [0.29, 0.717) is 0 Å². The van der Waals surface area contributed by atoms with Crippen molar-refractivity contribution in [1.29, 1.82) is 0 Å². The van der Waals surface area contributed by atoms with Crippen molar-refractivity contribution in [2.24, 2.45) is 0 Å². The van der Waals surface area contributed by atoms with Crippen LogP contribution in [-0.4, -0.2) is 45.3 Å². The van der Waals surface area contributed by atoms with Crippen molar-refractivity contribution in [2.75, 3.05) is 33.6 Å². The van der Waals surface area contributed by atoms with E-state index in [1.807, 2.05) is 11.8 Å². The summed E-state index contributed by atoms with van der Waals surface area (Å²) in [5.74, 6) is 1.04. The molecular weight excluding hydrogens is 456 g/mol. The molecule has 198 valence electrons. The quantitative estimate of drug-likeness (QED) is 0.0819. The van der Waals surface area contributed by atoms with Gasteiger partial charge in [-0.15, -0.1) is 11.8 Å². The fraction of sp³-hybridized carbons (Fsp3) is 0.600. The van der Waals surface area contributed by atoms with Gasteiger partial charge in [0.25, 0.3) is 0 Å². The topological polar surface area (TPSA) is 36.9 Å². The van der Waals surface area contributed by atoms with Gasteiger partial charge in [0.15, 0.2) is 0 Å². The highest BCUT2D eigenvalue weighted by Crippen LogP contribution is 2.30. The van der Waals surface area contributed by atoms with Crippen molar-refractivity contribution in [3.8, 4) is 0 Å². The number of ether oxygens (including phenoxy) is 4. The minimum absolute atomic E-state index is 0.0799. The monoisotopic (exact) mass is 504 g/mol. The number of unbranched alkanes of at least 4 members (excludes halogenated alkanes) is 1. The van der Waals surface area contributed by atoms with Crippen LogP contribution in [0, 0.1) is 0 Å². The highest BCUT2D eigenvalue weighted by atomic mass is 32.2. The number of thioether (sulfide) groups is 1. The van der Waals surface area contributed by atoms with Gasteiger partial charge >= 0.3 is 0 Å². The molecule has 35 heavy (non-hydrogen) atoms. The van der Waals surface area contributed by atoms with E-state index < -0.39 is 5.60 Å². The molecule has 1 aromatic rings. The van der Waals surface area contributed by atoms with Crippen molar-refractivity contribution in [2.45, 2.75) is 89.7 Å². The maximum Gasteiger partial charge on any atom is 0.147 e. The fourth-order valence-corrected chi connectivity index (χ4v) is 4.64. The molecule has 0 amide bonds. The number of hydrogen-bond donors (Lipinski definition) is 0. The summed E-state index contributed by atoms with van der Waals surface area (Å²) in [6.45, 7) is 11.3. The summed E-state index contributed by atoms with van der Waals surface area (Å²) in [5, 5.41) is 0. The highest BCUT2D eigenvalue weighted by Gasteiger charge is 2.35. The number of allylic oxidation sites excluding steroid dienone is 5. The van der Waals surface area contributed by atoms with Crippen molar-refractivity contribution in [3.05, 3.63) is 65.3 Å². The second-order valence-electron chi connectivity index (χ2n) is 9.56. The van der Waals surface area contributed by atoms with Crippen LogP contribution in [-0.2, 0) is 18.9 Å². The van der Waals surface area contributed by atoms with Crippen molar-refractivity contribution in [3.63, 3.8) is 0 Å². The number of rotatable bonds is 19. The predicted octanol–water partition coefficient (Wildman–Crippen LogP) is 8.35. The maximum atomic E-state index is 6.17. The van der Waals surface area contributed by atoms with E-state index in [1.54, 1.807) is 14.2 Å². The zero-order chi connectivity index (χ0) is 25.9. The lowest BCUT2D eigenvalue weighted by molar-refractivity contribution is -0.206. The molecule has 0 saturated heterocycles. The van der Waals surface area contributed by atoms with Crippen molar-refractivity contribution < 1.29 is 18.9 Å². The van der Waals surface area contributed by atoms with Gasteiger partial charge in [-0.05, 0) is 85.3 Å². The van der Waals surface area contributed by atoms with E-state index in [9.17, 15) is 0 Å². The first-order valence-corrected chi connectivity index (χ1v) is 13.6. The largest absolute Gasteiger partial charge is 0.359 e. The highest BCUT2D eigenvalue weighted by molar-refractivity contribution is 7.99. The third-order valence-corrected chi connectivity index (χ3v) is 7.14. The van der Waals surface area contributed by atoms with Gasteiger partial charge in [-0.3, -0.25) is 0 Å². The molecule has 0 spiro atoms. The molecule has 0 heterocycles. The standard InChI is InChI=1S/C30H48O4S/c1-25(2)14-13-21-30(5,34-24-32-7)29(33-23-31-6)20-19-26(3)15-11-12-16-27(4)22-35-28-17-9-8-10-18-28/h8-10,14-18,29H,11-13,19-24H2,1-7H3/b26-15+,27-16+/t29-,30+/m0/s1. The minimum Gasteiger partial charge on any atom is -0.359 e. The molecule has 0 saturated carbocycles. The van der Waals surface area contributed by atoms with Gasteiger partial charge in [0.05, 0.1) is 11.7 Å². The summed E-state index contributed by atoms with van der Waals surface area (Å²) in [7, 11) is 3.32. The summed E-state index contributed by atoms with van der Waals surface area (Å²) in [5.41, 5.74) is 3.69. The second kappa shape index (κ2) is 18.8.